The van der Waals surface area contributed by atoms with Gasteiger partial charge in [0, 0.05) is 0 Å². The lowest BCUT2D eigenvalue weighted by atomic mass is 10.1. The Labute approximate surface area is 157 Å². The van der Waals surface area contributed by atoms with Gasteiger partial charge in [-0.3, -0.25) is 9.59 Å². The van der Waals surface area contributed by atoms with E-state index in [1.54, 1.807) is 30.3 Å². The van der Waals surface area contributed by atoms with Gasteiger partial charge in [0.05, 0.1) is 11.3 Å². The van der Waals surface area contributed by atoms with Gasteiger partial charge in [-0.15, -0.1) is 0 Å². The number of para-hydroxylation sites is 1. The van der Waals surface area contributed by atoms with Crippen LogP contribution in [0.25, 0.3) is 6.08 Å². The summed E-state index contributed by atoms with van der Waals surface area (Å²) < 4.78 is 39.0. The zero-order valence-corrected chi connectivity index (χ0v) is 14.3. The van der Waals surface area contributed by atoms with Crippen molar-refractivity contribution in [2.75, 3.05) is 11.9 Å². The Morgan fingerprint density at radius 2 is 1.68 bits per heavy atom. The highest BCUT2D eigenvalue weighted by Crippen LogP contribution is 2.34. The number of halogens is 3. The molecule has 0 atom stereocenters. The number of anilines is 1. The van der Waals surface area contributed by atoms with Crippen LogP contribution in [0.2, 0.25) is 0 Å². The van der Waals surface area contributed by atoms with Crippen molar-refractivity contribution in [1.29, 1.82) is 0 Å². The van der Waals surface area contributed by atoms with Gasteiger partial charge in [-0.05, 0) is 23.8 Å². The Hall–Kier alpha value is -3.62. The van der Waals surface area contributed by atoms with Crippen LogP contribution in [0.3, 0.4) is 0 Å². The van der Waals surface area contributed by atoms with E-state index in [2.05, 4.69) is 10.6 Å². The molecule has 1 heterocycles. The van der Waals surface area contributed by atoms with Crippen LogP contribution in [0.15, 0.2) is 60.3 Å². The second-order valence-electron chi connectivity index (χ2n) is 5.88. The van der Waals surface area contributed by atoms with E-state index >= 15 is 0 Å². The molecular weight excluding hydrogens is 375 g/mol. The predicted molar refractivity (Wildman–Crippen MR) is 94.7 cm³/mol. The lowest BCUT2D eigenvalue weighted by Crippen LogP contribution is -2.38. The molecule has 6 nitrogen and oxygen atoms in total. The van der Waals surface area contributed by atoms with Crippen molar-refractivity contribution in [1.82, 2.24) is 10.2 Å². The molecule has 1 saturated heterocycles. The second-order valence-corrected chi connectivity index (χ2v) is 5.88. The zero-order valence-electron chi connectivity index (χ0n) is 14.3. The van der Waals surface area contributed by atoms with Gasteiger partial charge in [0.25, 0.3) is 5.91 Å². The van der Waals surface area contributed by atoms with Crippen LogP contribution >= 0.6 is 0 Å². The highest BCUT2D eigenvalue weighted by Gasteiger charge is 2.36. The van der Waals surface area contributed by atoms with Crippen molar-refractivity contribution in [2.24, 2.45) is 0 Å². The maximum atomic E-state index is 13.0. The molecule has 2 aromatic carbocycles. The maximum absolute atomic E-state index is 13.0. The number of hydrogen-bond donors (Lipinski definition) is 2. The van der Waals surface area contributed by atoms with E-state index in [1.165, 1.54) is 18.2 Å². The van der Waals surface area contributed by atoms with Crippen molar-refractivity contribution >= 4 is 29.6 Å². The summed E-state index contributed by atoms with van der Waals surface area (Å²) in [7, 11) is 0. The molecule has 1 fully saturated rings. The second kappa shape index (κ2) is 7.55. The Morgan fingerprint density at radius 1 is 1.04 bits per heavy atom. The summed E-state index contributed by atoms with van der Waals surface area (Å²) in [6, 6.07) is 12.3. The molecule has 0 unspecified atom stereocenters. The van der Waals surface area contributed by atoms with Crippen LogP contribution in [0, 0.1) is 0 Å². The van der Waals surface area contributed by atoms with Gasteiger partial charge in [0.15, 0.2) is 0 Å². The molecule has 144 valence electrons. The minimum absolute atomic E-state index is 0.0281. The Morgan fingerprint density at radius 3 is 2.36 bits per heavy atom. The third kappa shape index (κ3) is 4.20. The van der Waals surface area contributed by atoms with Crippen LogP contribution in [0.5, 0.6) is 0 Å². The number of carbonyl (C=O) groups is 3. The van der Waals surface area contributed by atoms with Crippen molar-refractivity contribution in [3.63, 3.8) is 0 Å². The predicted octanol–water partition coefficient (Wildman–Crippen LogP) is 3.24. The van der Waals surface area contributed by atoms with Crippen LogP contribution in [0.1, 0.15) is 11.1 Å². The molecule has 0 spiro atoms. The van der Waals surface area contributed by atoms with Crippen LogP contribution < -0.4 is 10.6 Å². The molecular formula is C19H14F3N3O3. The zero-order chi connectivity index (χ0) is 20.3. The van der Waals surface area contributed by atoms with Gasteiger partial charge in [-0.1, -0.05) is 42.5 Å². The molecule has 2 aromatic rings. The number of carbonyl (C=O) groups excluding carboxylic acids is 3. The highest BCUT2D eigenvalue weighted by atomic mass is 19.4. The van der Waals surface area contributed by atoms with Gasteiger partial charge in [-0.25, -0.2) is 9.69 Å². The Balaban J connectivity index is 1.72. The maximum Gasteiger partial charge on any atom is 0.418 e. The first-order chi connectivity index (χ1) is 13.3. The van der Waals surface area contributed by atoms with E-state index in [1.807, 2.05) is 0 Å². The van der Waals surface area contributed by atoms with Gasteiger partial charge >= 0.3 is 12.2 Å². The Kier molecular flexibility index (Phi) is 5.16. The van der Waals surface area contributed by atoms with Gasteiger partial charge in [0.1, 0.15) is 12.2 Å². The first-order valence-corrected chi connectivity index (χ1v) is 8.11. The SMILES string of the molecule is O=C(CN1C(=O)N/C(=C\c2ccccc2)C1=O)Nc1ccccc1C(F)(F)F. The number of imide groups is 1. The average Bonchev–Trinajstić information content (AvgIpc) is 2.89. The minimum atomic E-state index is -4.66. The van der Waals surface area contributed by atoms with Gasteiger partial charge in [-0.2, -0.15) is 13.2 Å². The lowest BCUT2D eigenvalue weighted by Gasteiger charge is -2.15. The number of urea groups is 1. The van der Waals surface area contributed by atoms with Gasteiger partial charge < -0.3 is 10.6 Å². The summed E-state index contributed by atoms with van der Waals surface area (Å²) in [6.07, 6.45) is -3.21. The summed E-state index contributed by atoms with van der Waals surface area (Å²) in [5.41, 5.74) is -0.839. The molecule has 28 heavy (non-hydrogen) atoms. The van der Waals surface area contributed by atoms with E-state index in [4.69, 9.17) is 0 Å². The quantitative estimate of drug-likeness (QED) is 0.623. The number of rotatable bonds is 4. The van der Waals surface area contributed by atoms with E-state index in [-0.39, 0.29) is 5.70 Å². The number of nitrogens with one attached hydrogen (secondary N) is 2. The van der Waals surface area contributed by atoms with Crippen LogP contribution in [-0.4, -0.2) is 29.3 Å². The molecule has 1 aliphatic rings. The van der Waals surface area contributed by atoms with E-state index in [9.17, 15) is 27.6 Å². The van der Waals surface area contributed by atoms with E-state index in [0.29, 0.717) is 10.5 Å². The summed E-state index contributed by atoms with van der Waals surface area (Å²) >= 11 is 0. The first kappa shape index (κ1) is 19.2. The fourth-order valence-electron chi connectivity index (χ4n) is 2.60. The smallest absolute Gasteiger partial charge is 0.324 e. The lowest BCUT2D eigenvalue weighted by molar-refractivity contribution is -0.137. The molecule has 0 bridgehead atoms. The molecule has 0 aromatic heterocycles. The topological polar surface area (TPSA) is 78.5 Å². The number of hydrogen-bond acceptors (Lipinski definition) is 3. The number of amides is 4. The molecule has 4 amide bonds. The standard InChI is InChI=1S/C19H14F3N3O3/c20-19(21,22)13-8-4-5-9-14(13)23-16(26)11-25-17(27)15(24-18(25)28)10-12-6-2-1-3-7-12/h1-10H,11H2,(H,23,26)(H,24,28)/b15-10-. The van der Waals surface area contributed by atoms with Crippen molar-refractivity contribution < 1.29 is 27.6 Å². The van der Waals surface area contributed by atoms with E-state index in [0.717, 1.165) is 12.1 Å². The molecule has 3 rings (SSSR count). The summed E-state index contributed by atoms with van der Waals surface area (Å²) in [5, 5.41) is 4.44. The molecule has 0 saturated carbocycles. The third-order valence-electron chi connectivity index (χ3n) is 3.88. The minimum Gasteiger partial charge on any atom is -0.324 e. The first-order valence-electron chi connectivity index (χ1n) is 8.11. The molecule has 0 aliphatic carbocycles. The molecule has 2 N–H and O–H groups in total. The third-order valence-corrected chi connectivity index (χ3v) is 3.88. The fraction of sp³-hybridized carbons (Fsp3) is 0.105. The Bertz CT molecular complexity index is 956. The molecule has 0 radical (unpaired) electrons. The molecule has 1 aliphatic heterocycles. The van der Waals surface area contributed by atoms with Crippen molar-refractivity contribution in [2.45, 2.75) is 6.18 Å². The fourth-order valence-corrected chi connectivity index (χ4v) is 2.60. The van der Waals surface area contributed by atoms with Gasteiger partial charge in [0.2, 0.25) is 5.91 Å². The number of benzene rings is 2. The average molecular weight is 389 g/mol. The monoisotopic (exact) mass is 389 g/mol. The van der Waals surface area contributed by atoms with Crippen molar-refractivity contribution in [3.8, 4) is 0 Å². The van der Waals surface area contributed by atoms with Crippen molar-refractivity contribution in [3.05, 3.63) is 71.4 Å². The van der Waals surface area contributed by atoms with E-state index < -0.39 is 41.8 Å². The van der Waals surface area contributed by atoms with Crippen LogP contribution in [0.4, 0.5) is 23.7 Å². The normalized spacial score (nSPS) is 15.7. The molecule has 9 heteroatoms. The summed E-state index contributed by atoms with van der Waals surface area (Å²) in [6.45, 7) is -0.719. The number of alkyl halides is 3. The summed E-state index contributed by atoms with van der Waals surface area (Å²) in [4.78, 5) is 37.1. The van der Waals surface area contributed by atoms with Crippen LogP contribution in [-0.2, 0) is 15.8 Å². The largest absolute Gasteiger partial charge is 0.418 e. The summed E-state index contributed by atoms with van der Waals surface area (Å²) in [5.74, 6) is -1.67. The number of nitrogens with zero attached hydrogens (tertiary/aromatic N) is 1. The highest BCUT2D eigenvalue weighted by molar-refractivity contribution is 6.15.